The maximum Gasteiger partial charge on any atom is 0.169 e. The van der Waals surface area contributed by atoms with E-state index >= 15 is 0 Å². The van der Waals surface area contributed by atoms with Crippen LogP contribution in [0.1, 0.15) is 16.7 Å². The van der Waals surface area contributed by atoms with Gasteiger partial charge in [-0.1, -0.05) is 36.4 Å². The molecule has 0 saturated heterocycles. The fraction of sp³-hybridized carbons (Fsp3) is 0.250. The summed E-state index contributed by atoms with van der Waals surface area (Å²) < 4.78 is 18.9. The van der Waals surface area contributed by atoms with Crippen LogP contribution in [0.5, 0.6) is 5.75 Å². The van der Waals surface area contributed by atoms with Crippen LogP contribution in [0.25, 0.3) is 0 Å². The molecule has 0 aliphatic carbocycles. The number of hydrogen-bond donors (Lipinski definition) is 1. The van der Waals surface area contributed by atoms with Crippen LogP contribution >= 0.6 is 0 Å². The van der Waals surface area contributed by atoms with Gasteiger partial charge >= 0.3 is 0 Å². The molecule has 2 aromatic rings. The Labute approximate surface area is 113 Å². The summed E-state index contributed by atoms with van der Waals surface area (Å²) >= 11 is 0. The first-order valence-electron chi connectivity index (χ1n) is 6.29. The van der Waals surface area contributed by atoms with Crippen molar-refractivity contribution in [1.29, 1.82) is 0 Å². The molecule has 0 bridgehead atoms. The van der Waals surface area contributed by atoms with Crippen molar-refractivity contribution in [1.82, 2.24) is 5.32 Å². The molecule has 2 rings (SSSR count). The summed E-state index contributed by atoms with van der Waals surface area (Å²) in [7, 11) is 1.48. The smallest absolute Gasteiger partial charge is 0.169 e. The molecule has 0 atom stereocenters. The van der Waals surface area contributed by atoms with Crippen LogP contribution < -0.4 is 10.1 Å². The van der Waals surface area contributed by atoms with Gasteiger partial charge < -0.3 is 10.1 Å². The van der Waals surface area contributed by atoms with E-state index in [1.807, 2.05) is 12.1 Å². The van der Waals surface area contributed by atoms with Crippen LogP contribution in [0.15, 0.2) is 42.5 Å². The summed E-state index contributed by atoms with van der Waals surface area (Å²) in [4.78, 5) is 0. The quantitative estimate of drug-likeness (QED) is 0.888. The van der Waals surface area contributed by atoms with E-state index in [4.69, 9.17) is 4.74 Å². The number of ether oxygens (including phenoxy) is 1. The van der Waals surface area contributed by atoms with Crippen LogP contribution in [-0.4, -0.2) is 7.11 Å². The Bertz CT molecular complexity index is 554. The molecule has 0 radical (unpaired) electrons. The van der Waals surface area contributed by atoms with Crippen molar-refractivity contribution < 1.29 is 9.13 Å². The third-order valence-corrected chi connectivity index (χ3v) is 3.16. The molecular weight excluding hydrogens is 241 g/mol. The number of nitrogens with one attached hydrogen (secondary N) is 1. The first-order chi connectivity index (χ1) is 9.22. The zero-order valence-electron chi connectivity index (χ0n) is 11.2. The van der Waals surface area contributed by atoms with E-state index in [2.05, 4.69) is 24.4 Å². The molecule has 0 unspecified atom stereocenters. The summed E-state index contributed by atoms with van der Waals surface area (Å²) in [5, 5.41) is 3.26. The van der Waals surface area contributed by atoms with Gasteiger partial charge in [0.25, 0.3) is 0 Å². The fourth-order valence-electron chi connectivity index (χ4n) is 1.99. The number of halogens is 1. The average molecular weight is 259 g/mol. The van der Waals surface area contributed by atoms with Crippen LogP contribution in [-0.2, 0) is 13.1 Å². The maximum absolute atomic E-state index is 13.9. The Balaban J connectivity index is 1.98. The standard InChI is InChI=1S/C16H18FNO/c1-12-6-3-4-7-13(12)10-18-11-14-8-5-9-15(19-2)16(14)17/h3-9,18H,10-11H2,1-2H3. The highest BCUT2D eigenvalue weighted by Gasteiger charge is 2.07. The van der Waals surface area contributed by atoms with E-state index in [0.717, 1.165) is 6.54 Å². The topological polar surface area (TPSA) is 21.3 Å². The third kappa shape index (κ3) is 3.32. The predicted octanol–water partition coefficient (Wildman–Crippen LogP) is 3.43. The first-order valence-corrected chi connectivity index (χ1v) is 6.29. The van der Waals surface area contributed by atoms with E-state index in [1.54, 1.807) is 18.2 Å². The molecule has 19 heavy (non-hydrogen) atoms. The lowest BCUT2D eigenvalue weighted by Gasteiger charge is -2.10. The van der Waals surface area contributed by atoms with Crippen molar-refractivity contribution >= 4 is 0 Å². The Morgan fingerprint density at radius 1 is 1.00 bits per heavy atom. The molecular formula is C16H18FNO. The number of rotatable bonds is 5. The molecule has 100 valence electrons. The lowest BCUT2D eigenvalue weighted by molar-refractivity contribution is 0.383. The summed E-state index contributed by atoms with van der Waals surface area (Å²) in [6.45, 7) is 3.28. The molecule has 0 heterocycles. The highest BCUT2D eigenvalue weighted by atomic mass is 19.1. The second-order valence-electron chi connectivity index (χ2n) is 4.46. The number of hydrogen-bond acceptors (Lipinski definition) is 2. The Hall–Kier alpha value is -1.87. The maximum atomic E-state index is 13.9. The Kier molecular flexibility index (Phi) is 4.53. The van der Waals surface area contributed by atoms with E-state index in [-0.39, 0.29) is 11.6 Å². The van der Waals surface area contributed by atoms with Crippen molar-refractivity contribution in [2.45, 2.75) is 20.0 Å². The van der Waals surface area contributed by atoms with Crippen LogP contribution in [0.2, 0.25) is 0 Å². The van der Waals surface area contributed by atoms with Gasteiger partial charge in [0, 0.05) is 18.7 Å². The van der Waals surface area contributed by atoms with Gasteiger partial charge in [-0.3, -0.25) is 0 Å². The predicted molar refractivity (Wildman–Crippen MR) is 74.7 cm³/mol. The van der Waals surface area contributed by atoms with Gasteiger partial charge in [-0.25, -0.2) is 4.39 Å². The zero-order chi connectivity index (χ0) is 13.7. The van der Waals surface area contributed by atoms with Crippen LogP contribution in [0.3, 0.4) is 0 Å². The molecule has 3 heteroatoms. The molecule has 0 aliphatic heterocycles. The molecule has 2 aromatic carbocycles. The highest BCUT2D eigenvalue weighted by molar-refractivity contribution is 5.31. The van der Waals surface area contributed by atoms with Gasteiger partial charge in [0.2, 0.25) is 0 Å². The Morgan fingerprint density at radius 2 is 1.68 bits per heavy atom. The van der Waals surface area contributed by atoms with Gasteiger partial charge in [-0.05, 0) is 24.1 Å². The van der Waals surface area contributed by atoms with Gasteiger partial charge in [-0.2, -0.15) is 0 Å². The number of methoxy groups -OCH3 is 1. The molecule has 0 aromatic heterocycles. The monoisotopic (exact) mass is 259 g/mol. The summed E-state index contributed by atoms with van der Waals surface area (Å²) in [5.41, 5.74) is 3.08. The molecule has 0 spiro atoms. The minimum Gasteiger partial charge on any atom is -0.494 e. The van der Waals surface area contributed by atoms with Crippen molar-refractivity contribution in [2.24, 2.45) is 0 Å². The molecule has 0 fully saturated rings. The van der Waals surface area contributed by atoms with Gasteiger partial charge in [0.05, 0.1) is 7.11 Å². The Morgan fingerprint density at radius 3 is 2.42 bits per heavy atom. The van der Waals surface area contributed by atoms with E-state index in [1.165, 1.54) is 18.2 Å². The van der Waals surface area contributed by atoms with Crippen molar-refractivity contribution in [2.75, 3.05) is 7.11 Å². The zero-order valence-corrected chi connectivity index (χ0v) is 11.2. The second-order valence-corrected chi connectivity index (χ2v) is 4.46. The lowest BCUT2D eigenvalue weighted by atomic mass is 10.1. The summed E-state index contributed by atoms with van der Waals surface area (Å²) in [6.07, 6.45) is 0. The highest BCUT2D eigenvalue weighted by Crippen LogP contribution is 2.19. The van der Waals surface area contributed by atoms with Crippen molar-refractivity contribution in [3.05, 3.63) is 65.0 Å². The van der Waals surface area contributed by atoms with E-state index in [9.17, 15) is 4.39 Å². The summed E-state index contributed by atoms with van der Waals surface area (Å²) in [6, 6.07) is 13.4. The second kappa shape index (κ2) is 6.34. The molecule has 0 amide bonds. The van der Waals surface area contributed by atoms with Gasteiger partial charge in [0.1, 0.15) is 0 Å². The number of aryl methyl sites for hydroxylation is 1. The normalized spacial score (nSPS) is 10.5. The van der Waals surface area contributed by atoms with E-state index in [0.29, 0.717) is 12.1 Å². The largest absolute Gasteiger partial charge is 0.494 e. The SMILES string of the molecule is COc1cccc(CNCc2ccccc2C)c1F. The number of benzene rings is 2. The van der Waals surface area contributed by atoms with Gasteiger partial charge in [-0.15, -0.1) is 0 Å². The molecule has 1 N–H and O–H groups in total. The van der Waals surface area contributed by atoms with E-state index < -0.39 is 0 Å². The minimum atomic E-state index is -0.290. The lowest BCUT2D eigenvalue weighted by Crippen LogP contribution is -2.14. The summed E-state index contributed by atoms with van der Waals surface area (Å²) in [5.74, 6) is -0.00234. The minimum absolute atomic E-state index is 0.287. The van der Waals surface area contributed by atoms with Crippen LogP contribution in [0.4, 0.5) is 4.39 Å². The average Bonchev–Trinajstić information content (AvgIpc) is 2.43. The van der Waals surface area contributed by atoms with Crippen molar-refractivity contribution in [3.63, 3.8) is 0 Å². The fourth-order valence-corrected chi connectivity index (χ4v) is 1.99. The van der Waals surface area contributed by atoms with Crippen molar-refractivity contribution in [3.8, 4) is 5.75 Å². The molecule has 0 aliphatic rings. The third-order valence-electron chi connectivity index (χ3n) is 3.16. The first kappa shape index (κ1) is 13.6. The van der Waals surface area contributed by atoms with Gasteiger partial charge in [0.15, 0.2) is 11.6 Å². The van der Waals surface area contributed by atoms with Crippen LogP contribution in [0, 0.1) is 12.7 Å². The molecule has 2 nitrogen and oxygen atoms in total. The molecule has 0 saturated carbocycles.